The van der Waals surface area contributed by atoms with E-state index in [1.165, 1.54) is 7.11 Å². The lowest BCUT2D eigenvalue weighted by molar-refractivity contribution is 0.102. The van der Waals surface area contributed by atoms with Crippen molar-refractivity contribution in [2.75, 3.05) is 12.4 Å². The number of pyridine rings is 1. The first-order valence-electron chi connectivity index (χ1n) is 7.38. The maximum atomic E-state index is 12.5. The van der Waals surface area contributed by atoms with Gasteiger partial charge in [0.25, 0.3) is 5.91 Å². The molecule has 0 aliphatic rings. The van der Waals surface area contributed by atoms with Gasteiger partial charge in [-0.05, 0) is 37.3 Å². The van der Waals surface area contributed by atoms with Gasteiger partial charge in [-0.3, -0.25) is 10.1 Å². The second-order valence-electron chi connectivity index (χ2n) is 5.01. The average molecular weight is 321 g/mol. The Morgan fingerprint density at radius 3 is 2.96 bits per heavy atom. The summed E-state index contributed by atoms with van der Waals surface area (Å²) < 4.78 is 6.99. The van der Waals surface area contributed by atoms with Crippen molar-refractivity contribution in [2.45, 2.75) is 13.5 Å². The zero-order chi connectivity index (χ0) is 17.1. The lowest BCUT2D eigenvalue weighted by Gasteiger charge is -2.09. The Morgan fingerprint density at radius 1 is 1.42 bits per heavy atom. The second-order valence-corrected chi connectivity index (χ2v) is 5.01. The summed E-state index contributed by atoms with van der Waals surface area (Å²) in [4.78, 5) is 21.0. The molecular formula is C17H15N5O2. The number of methoxy groups -OCH3 is 1. The summed E-state index contributed by atoms with van der Waals surface area (Å²) in [5.74, 6) is 0.310. The smallest absolute Gasteiger partial charge is 0.263 e. The number of hydrogen-bond acceptors (Lipinski definition) is 5. The van der Waals surface area contributed by atoms with E-state index in [1.54, 1.807) is 30.5 Å². The fraction of sp³-hybridized carbons (Fsp3) is 0.176. The molecule has 2 aromatic heterocycles. The van der Waals surface area contributed by atoms with E-state index in [0.717, 1.165) is 5.52 Å². The van der Waals surface area contributed by atoms with Crippen LogP contribution in [0.5, 0.6) is 5.88 Å². The van der Waals surface area contributed by atoms with Gasteiger partial charge in [0.15, 0.2) is 0 Å². The normalized spacial score (nSPS) is 10.4. The van der Waals surface area contributed by atoms with E-state index in [9.17, 15) is 4.79 Å². The fourth-order valence-electron chi connectivity index (χ4n) is 2.51. The summed E-state index contributed by atoms with van der Waals surface area (Å²) in [6.07, 6.45) is 1.56. The van der Waals surface area contributed by atoms with Gasteiger partial charge < -0.3 is 9.30 Å². The molecule has 1 aromatic carbocycles. The quantitative estimate of drug-likeness (QED) is 0.797. The minimum Gasteiger partial charge on any atom is -0.480 e. The zero-order valence-electron chi connectivity index (χ0n) is 13.3. The maximum absolute atomic E-state index is 12.5. The monoisotopic (exact) mass is 321 g/mol. The van der Waals surface area contributed by atoms with Crippen molar-refractivity contribution in [1.82, 2.24) is 14.5 Å². The predicted octanol–water partition coefficient (Wildman–Crippen LogP) is 2.58. The number of aryl methyl sites for hydroxylation is 1. The maximum Gasteiger partial charge on any atom is 0.263 e. The van der Waals surface area contributed by atoms with Gasteiger partial charge in [0, 0.05) is 12.7 Å². The van der Waals surface area contributed by atoms with Crippen LogP contribution in [0.1, 0.15) is 22.8 Å². The first-order chi connectivity index (χ1) is 11.7. The number of nitriles is 1. The molecule has 24 heavy (non-hydrogen) atoms. The molecular weight excluding hydrogens is 306 g/mol. The minimum absolute atomic E-state index is 0.251. The van der Waals surface area contributed by atoms with Crippen LogP contribution in [-0.2, 0) is 6.54 Å². The SMILES string of the molecule is CCn1c(NC(=O)c2cccnc2OC)nc2cc(C#N)ccc21. The van der Waals surface area contributed by atoms with Gasteiger partial charge >= 0.3 is 0 Å². The molecule has 3 aromatic rings. The van der Waals surface area contributed by atoms with Gasteiger partial charge in [0.2, 0.25) is 11.8 Å². The Balaban J connectivity index is 2.00. The van der Waals surface area contributed by atoms with Crippen molar-refractivity contribution in [3.05, 3.63) is 47.7 Å². The van der Waals surface area contributed by atoms with Crippen molar-refractivity contribution in [3.8, 4) is 11.9 Å². The van der Waals surface area contributed by atoms with Crippen molar-refractivity contribution in [2.24, 2.45) is 0 Å². The molecule has 120 valence electrons. The van der Waals surface area contributed by atoms with Gasteiger partial charge in [0.1, 0.15) is 5.56 Å². The van der Waals surface area contributed by atoms with Crippen LogP contribution < -0.4 is 10.1 Å². The summed E-state index contributed by atoms with van der Waals surface area (Å²) in [6.45, 7) is 2.59. The molecule has 0 saturated heterocycles. The Labute approximate surface area is 138 Å². The third-order valence-corrected chi connectivity index (χ3v) is 3.63. The number of hydrogen-bond donors (Lipinski definition) is 1. The highest BCUT2D eigenvalue weighted by molar-refractivity contribution is 6.05. The van der Waals surface area contributed by atoms with E-state index < -0.39 is 0 Å². The molecule has 3 rings (SSSR count). The highest BCUT2D eigenvalue weighted by atomic mass is 16.5. The summed E-state index contributed by atoms with van der Waals surface area (Å²) in [7, 11) is 1.46. The Kier molecular flexibility index (Phi) is 4.12. The van der Waals surface area contributed by atoms with Crippen molar-refractivity contribution in [3.63, 3.8) is 0 Å². The van der Waals surface area contributed by atoms with E-state index >= 15 is 0 Å². The molecule has 0 fully saturated rings. The van der Waals surface area contributed by atoms with Crippen LogP contribution in [0.3, 0.4) is 0 Å². The molecule has 0 atom stereocenters. The molecule has 0 bridgehead atoms. The van der Waals surface area contributed by atoms with Crippen LogP contribution in [0.2, 0.25) is 0 Å². The number of anilines is 1. The number of carbonyl (C=O) groups excluding carboxylic acids is 1. The van der Waals surface area contributed by atoms with Crippen LogP contribution in [0.4, 0.5) is 5.95 Å². The van der Waals surface area contributed by atoms with Crippen LogP contribution in [0, 0.1) is 11.3 Å². The molecule has 0 saturated carbocycles. The molecule has 0 spiro atoms. The van der Waals surface area contributed by atoms with Crippen LogP contribution >= 0.6 is 0 Å². The van der Waals surface area contributed by atoms with E-state index in [0.29, 0.717) is 29.1 Å². The number of nitrogens with one attached hydrogen (secondary N) is 1. The van der Waals surface area contributed by atoms with Gasteiger partial charge in [-0.15, -0.1) is 0 Å². The number of benzene rings is 1. The molecule has 1 N–H and O–H groups in total. The van der Waals surface area contributed by atoms with Crippen LogP contribution in [0.15, 0.2) is 36.5 Å². The molecule has 1 amide bonds. The number of rotatable bonds is 4. The molecule has 0 unspecified atom stereocenters. The van der Waals surface area contributed by atoms with Gasteiger partial charge in [-0.25, -0.2) is 9.97 Å². The number of ether oxygens (including phenoxy) is 1. The van der Waals surface area contributed by atoms with Crippen LogP contribution in [-0.4, -0.2) is 27.6 Å². The van der Waals surface area contributed by atoms with Gasteiger partial charge in [0.05, 0.1) is 29.8 Å². The van der Waals surface area contributed by atoms with Crippen molar-refractivity contribution >= 4 is 22.9 Å². The average Bonchev–Trinajstić information content (AvgIpc) is 2.97. The minimum atomic E-state index is -0.356. The van der Waals surface area contributed by atoms with Gasteiger partial charge in [-0.2, -0.15) is 5.26 Å². The summed E-state index contributed by atoms with van der Waals surface area (Å²) in [5.41, 5.74) is 2.36. The highest BCUT2D eigenvalue weighted by Gasteiger charge is 2.17. The number of amides is 1. The lowest BCUT2D eigenvalue weighted by Crippen LogP contribution is -2.17. The first-order valence-corrected chi connectivity index (χ1v) is 7.38. The second kappa shape index (κ2) is 6.38. The number of nitrogens with zero attached hydrogens (tertiary/aromatic N) is 4. The summed E-state index contributed by atoms with van der Waals surface area (Å²) in [6, 6.07) is 10.6. The Morgan fingerprint density at radius 2 is 2.25 bits per heavy atom. The first kappa shape index (κ1) is 15.5. The molecule has 7 nitrogen and oxygen atoms in total. The van der Waals surface area contributed by atoms with E-state index in [1.807, 2.05) is 17.6 Å². The third kappa shape index (κ3) is 2.65. The lowest BCUT2D eigenvalue weighted by atomic mass is 10.2. The largest absolute Gasteiger partial charge is 0.480 e. The van der Waals surface area contributed by atoms with Crippen molar-refractivity contribution in [1.29, 1.82) is 5.26 Å². The van der Waals surface area contributed by atoms with E-state index in [2.05, 4.69) is 21.4 Å². The Hall–Kier alpha value is -3.40. The topological polar surface area (TPSA) is 92.8 Å². The highest BCUT2D eigenvalue weighted by Crippen LogP contribution is 2.22. The molecule has 2 heterocycles. The van der Waals surface area contributed by atoms with E-state index in [4.69, 9.17) is 10.00 Å². The number of fused-ring (bicyclic) bond motifs is 1. The third-order valence-electron chi connectivity index (χ3n) is 3.63. The number of carbonyl (C=O) groups is 1. The summed E-state index contributed by atoms with van der Waals surface area (Å²) in [5, 5.41) is 11.8. The number of imidazole rings is 1. The Bertz CT molecular complexity index is 955. The molecule has 0 aliphatic heterocycles. The van der Waals surface area contributed by atoms with Crippen LogP contribution in [0.25, 0.3) is 11.0 Å². The summed E-state index contributed by atoms with van der Waals surface area (Å²) >= 11 is 0. The standard InChI is InChI=1S/C17H15N5O2/c1-3-22-14-7-6-11(10-18)9-13(14)20-17(22)21-15(23)12-5-4-8-19-16(12)24-2/h4-9H,3H2,1-2H3,(H,20,21,23). The molecule has 0 aliphatic carbocycles. The molecule has 0 radical (unpaired) electrons. The van der Waals surface area contributed by atoms with Gasteiger partial charge in [-0.1, -0.05) is 0 Å². The predicted molar refractivity (Wildman–Crippen MR) is 88.9 cm³/mol. The van der Waals surface area contributed by atoms with Crippen molar-refractivity contribution < 1.29 is 9.53 Å². The molecule has 7 heteroatoms. The fourth-order valence-corrected chi connectivity index (χ4v) is 2.51. The number of aromatic nitrogens is 3. The zero-order valence-corrected chi connectivity index (χ0v) is 13.3. The van der Waals surface area contributed by atoms with E-state index in [-0.39, 0.29) is 11.8 Å².